The molecule has 4 rings (SSSR count). The molecule has 24 heavy (non-hydrogen) atoms. The second kappa shape index (κ2) is 5.74. The van der Waals surface area contributed by atoms with Crippen molar-refractivity contribution in [2.75, 3.05) is 11.6 Å². The molecular weight excluding hydrogens is 307 g/mol. The number of anilines is 1. The Hall–Kier alpha value is -2.69. The van der Waals surface area contributed by atoms with E-state index in [2.05, 4.69) is 5.10 Å². The summed E-state index contributed by atoms with van der Waals surface area (Å²) in [4.78, 5) is 12.4. The van der Waals surface area contributed by atoms with Gasteiger partial charge in [0.05, 0.1) is 12.0 Å². The van der Waals surface area contributed by atoms with Gasteiger partial charge in [-0.2, -0.15) is 5.10 Å². The number of hydrogen-bond donors (Lipinski definition) is 0. The molecule has 0 amide bonds. The van der Waals surface area contributed by atoms with Crippen molar-refractivity contribution in [3.63, 3.8) is 0 Å². The Morgan fingerprint density at radius 3 is 2.83 bits per heavy atom. The number of ketones is 1. The molecule has 0 N–H and O–H groups in total. The number of carbonyl (C=O) groups excluding carboxylic acids is 1. The molecule has 2 aromatic carbocycles. The molecule has 0 fully saturated rings. The number of benzene rings is 2. The Morgan fingerprint density at radius 1 is 1.29 bits per heavy atom. The highest BCUT2D eigenvalue weighted by Gasteiger charge is 2.44. The van der Waals surface area contributed by atoms with Gasteiger partial charge in [0.15, 0.2) is 5.78 Å². The molecule has 0 aromatic heterocycles. The van der Waals surface area contributed by atoms with E-state index < -0.39 is 0 Å². The topological polar surface area (TPSA) is 41.9 Å². The maximum atomic E-state index is 13.7. The van der Waals surface area contributed by atoms with Gasteiger partial charge >= 0.3 is 0 Å². The van der Waals surface area contributed by atoms with Crippen LogP contribution in [-0.2, 0) is 4.79 Å². The average Bonchev–Trinajstić information content (AvgIpc) is 3.01. The van der Waals surface area contributed by atoms with E-state index in [9.17, 15) is 9.18 Å². The van der Waals surface area contributed by atoms with Crippen molar-refractivity contribution in [3.8, 4) is 5.75 Å². The summed E-state index contributed by atoms with van der Waals surface area (Å²) in [5.74, 6) is 0.0828. The van der Waals surface area contributed by atoms with E-state index in [1.54, 1.807) is 11.1 Å². The summed E-state index contributed by atoms with van der Waals surface area (Å²) >= 11 is 0. The maximum absolute atomic E-state index is 13.7. The van der Waals surface area contributed by atoms with Gasteiger partial charge in [-0.25, -0.2) is 4.39 Å². The van der Waals surface area contributed by atoms with Gasteiger partial charge in [-0.05, 0) is 17.7 Å². The van der Waals surface area contributed by atoms with Crippen LogP contribution in [0.25, 0.3) is 0 Å². The Bertz CT molecular complexity index is 819. The smallest absolute Gasteiger partial charge is 0.179 e. The van der Waals surface area contributed by atoms with Gasteiger partial charge in [0.1, 0.15) is 29.6 Å². The minimum absolute atomic E-state index is 0.0104. The van der Waals surface area contributed by atoms with Gasteiger partial charge in [-0.15, -0.1) is 0 Å². The third-order valence-corrected chi connectivity index (χ3v) is 4.55. The largest absolute Gasteiger partial charge is 0.489 e. The summed E-state index contributed by atoms with van der Waals surface area (Å²) in [5.41, 5.74) is 2.12. The van der Waals surface area contributed by atoms with Gasteiger partial charge in [-0.3, -0.25) is 9.80 Å². The fraction of sp³-hybridized carbons (Fsp3) is 0.263. The van der Waals surface area contributed by atoms with Crippen LogP contribution in [0.1, 0.15) is 24.8 Å². The summed E-state index contributed by atoms with van der Waals surface area (Å²) in [7, 11) is 0. The van der Waals surface area contributed by atoms with E-state index in [0.29, 0.717) is 30.2 Å². The Morgan fingerprint density at radius 2 is 2.08 bits per heavy atom. The zero-order chi connectivity index (χ0) is 16.7. The highest BCUT2D eigenvalue weighted by atomic mass is 19.1. The maximum Gasteiger partial charge on any atom is 0.179 e. The van der Waals surface area contributed by atoms with Crippen molar-refractivity contribution in [1.29, 1.82) is 0 Å². The Labute approximate surface area is 139 Å². The summed E-state index contributed by atoms with van der Waals surface area (Å²) in [6, 6.07) is 14.1. The van der Waals surface area contributed by atoms with Gasteiger partial charge in [0.2, 0.25) is 0 Å². The van der Waals surface area contributed by atoms with Crippen LogP contribution in [0.15, 0.2) is 53.6 Å². The quantitative estimate of drug-likeness (QED) is 0.867. The molecule has 0 aliphatic carbocycles. The summed E-state index contributed by atoms with van der Waals surface area (Å²) in [5, 5.41) is 6.33. The van der Waals surface area contributed by atoms with E-state index in [1.807, 2.05) is 37.3 Å². The van der Waals surface area contributed by atoms with E-state index in [-0.39, 0.29) is 23.6 Å². The molecule has 2 aliphatic rings. The van der Waals surface area contributed by atoms with Crippen molar-refractivity contribution < 1.29 is 13.9 Å². The number of hydrogen-bond acceptors (Lipinski definition) is 4. The molecule has 2 aromatic rings. The third-order valence-electron chi connectivity index (χ3n) is 4.55. The number of fused-ring (bicyclic) bond motifs is 3. The predicted molar refractivity (Wildman–Crippen MR) is 90.1 cm³/mol. The highest BCUT2D eigenvalue weighted by molar-refractivity contribution is 6.42. The van der Waals surface area contributed by atoms with Crippen LogP contribution in [0.5, 0.6) is 5.75 Å². The van der Waals surface area contributed by atoms with Crippen LogP contribution in [-0.4, -0.2) is 24.1 Å². The molecule has 2 heterocycles. The minimum Gasteiger partial charge on any atom is -0.489 e. The van der Waals surface area contributed by atoms with E-state index >= 15 is 0 Å². The fourth-order valence-electron chi connectivity index (χ4n) is 3.39. The van der Waals surface area contributed by atoms with Crippen LogP contribution >= 0.6 is 0 Å². The average molecular weight is 324 g/mol. The summed E-state index contributed by atoms with van der Waals surface area (Å²) in [6.07, 6.45) is 0.388. The van der Waals surface area contributed by atoms with E-state index in [4.69, 9.17) is 4.74 Å². The molecule has 4 nitrogen and oxygen atoms in total. The van der Waals surface area contributed by atoms with Gasteiger partial charge in [0.25, 0.3) is 0 Å². The first-order valence-corrected chi connectivity index (χ1v) is 8.07. The number of halogens is 1. The number of ether oxygens (including phenoxy) is 1. The minimum atomic E-state index is -0.347. The van der Waals surface area contributed by atoms with Crippen molar-refractivity contribution in [1.82, 2.24) is 0 Å². The van der Waals surface area contributed by atoms with Crippen LogP contribution in [0.4, 0.5) is 10.1 Å². The zero-order valence-electron chi connectivity index (χ0n) is 13.3. The van der Waals surface area contributed by atoms with Crippen molar-refractivity contribution in [2.45, 2.75) is 25.3 Å². The van der Waals surface area contributed by atoms with Crippen molar-refractivity contribution in [3.05, 3.63) is 59.9 Å². The summed E-state index contributed by atoms with van der Waals surface area (Å²) < 4.78 is 19.5. The van der Waals surface area contributed by atoms with Gasteiger partial charge in [-0.1, -0.05) is 37.3 Å². The second-order valence-electron chi connectivity index (χ2n) is 5.99. The number of carbonyl (C=O) groups is 1. The standard InChI is InChI=1S/C19H17FN2O2/c1-2-16(23)19-18(12-6-4-3-5-7-12)15-11-24-17-9-8-13(20)10-14(17)22(15)21-19/h3-10,15,18H,2,11H2,1H3/t15?,18-/m1/s1. The molecule has 2 atom stereocenters. The summed E-state index contributed by atoms with van der Waals surface area (Å²) in [6.45, 7) is 2.23. The number of hydrazone groups is 1. The monoisotopic (exact) mass is 324 g/mol. The molecule has 0 spiro atoms. The van der Waals surface area contributed by atoms with Gasteiger partial charge < -0.3 is 4.74 Å². The van der Waals surface area contributed by atoms with Crippen molar-refractivity contribution in [2.24, 2.45) is 5.10 Å². The molecule has 0 saturated heterocycles. The first-order valence-electron chi connectivity index (χ1n) is 8.07. The highest BCUT2D eigenvalue weighted by Crippen LogP contribution is 2.43. The third kappa shape index (κ3) is 2.28. The molecule has 1 unspecified atom stereocenters. The SMILES string of the molecule is CCC(=O)C1=NN2c3cc(F)ccc3OCC2[C@H]1c1ccccc1. The molecule has 5 heteroatoms. The van der Waals surface area contributed by atoms with Crippen LogP contribution in [0.2, 0.25) is 0 Å². The lowest BCUT2D eigenvalue weighted by molar-refractivity contribution is -0.112. The second-order valence-corrected chi connectivity index (χ2v) is 5.99. The van der Waals surface area contributed by atoms with E-state index in [0.717, 1.165) is 5.56 Å². The lowest BCUT2D eigenvalue weighted by Gasteiger charge is -2.33. The molecular formula is C19H17FN2O2. The first-order chi connectivity index (χ1) is 11.7. The normalized spacial score (nSPS) is 21.6. The number of rotatable bonds is 3. The molecule has 122 valence electrons. The van der Waals surface area contributed by atoms with E-state index in [1.165, 1.54) is 12.1 Å². The zero-order valence-corrected chi connectivity index (χ0v) is 13.3. The van der Waals surface area contributed by atoms with Crippen LogP contribution in [0, 0.1) is 5.82 Å². The molecule has 0 saturated carbocycles. The Kier molecular flexibility index (Phi) is 3.56. The molecule has 2 aliphatic heterocycles. The lowest BCUT2D eigenvalue weighted by Crippen LogP contribution is -2.41. The fourth-order valence-corrected chi connectivity index (χ4v) is 3.39. The number of Topliss-reactive ketones (excluding diaryl/α,β-unsaturated/α-hetero) is 1. The Balaban J connectivity index is 1.82. The van der Waals surface area contributed by atoms with Crippen LogP contribution in [0.3, 0.4) is 0 Å². The van der Waals surface area contributed by atoms with Gasteiger partial charge in [0, 0.05) is 12.5 Å². The first kappa shape index (κ1) is 14.9. The van der Waals surface area contributed by atoms with Crippen LogP contribution < -0.4 is 9.75 Å². The predicted octanol–water partition coefficient (Wildman–Crippen LogP) is 3.53. The molecule has 0 bridgehead atoms. The molecule has 0 radical (unpaired) electrons. The lowest BCUT2D eigenvalue weighted by atomic mass is 9.85. The number of nitrogens with zero attached hydrogens (tertiary/aromatic N) is 2. The van der Waals surface area contributed by atoms with Crippen molar-refractivity contribution >= 4 is 17.2 Å².